The van der Waals surface area contributed by atoms with E-state index in [9.17, 15) is 0 Å². The van der Waals surface area contributed by atoms with Crippen LogP contribution in [0.3, 0.4) is 0 Å². The second-order valence-electron chi connectivity index (χ2n) is 4.46. The summed E-state index contributed by atoms with van der Waals surface area (Å²) in [7, 11) is 0. The van der Waals surface area contributed by atoms with Crippen molar-refractivity contribution in [1.29, 1.82) is 0 Å². The number of halogens is 1. The molecule has 90 valence electrons. The lowest BCUT2D eigenvalue weighted by Gasteiger charge is -2.23. The van der Waals surface area contributed by atoms with Crippen LogP contribution in [0.15, 0.2) is 54.6 Å². The Bertz CT molecular complexity index is 599. The highest BCUT2D eigenvalue weighted by Gasteiger charge is 2.20. The van der Waals surface area contributed by atoms with E-state index in [1.54, 1.807) is 0 Å². The first-order valence-electron chi connectivity index (χ1n) is 5.94. The quantitative estimate of drug-likeness (QED) is 0.718. The summed E-state index contributed by atoms with van der Waals surface area (Å²) >= 11 is 6.30. The van der Waals surface area contributed by atoms with Gasteiger partial charge in [-0.3, -0.25) is 0 Å². The molecule has 0 amide bonds. The second-order valence-corrected chi connectivity index (χ2v) is 4.87. The van der Waals surface area contributed by atoms with Crippen LogP contribution in [0.25, 0.3) is 5.03 Å². The Morgan fingerprint density at radius 3 is 2.50 bits per heavy atom. The third-order valence-corrected chi connectivity index (χ3v) is 3.43. The smallest absolute Gasteiger partial charge is 0.144 e. The Morgan fingerprint density at radius 1 is 1.00 bits per heavy atom. The van der Waals surface area contributed by atoms with Gasteiger partial charge in [-0.05, 0) is 30.7 Å². The van der Waals surface area contributed by atoms with Gasteiger partial charge in [0.2, 0.25) is 0 Å². The average Bonchev–Trinajstić information content (AvgIpc) is 2.39. The maximum atomic E-state index is 6.30. The second kappa shape index (κ2) is 4.51. The molecule has 0 unspecified atom stereocenters. The minimum Gasteiger partial charge on any atom is -0.481 e. The third-order valence-electron chi connectivity index (χ3n) is 3.10. The summed E-state index contributed by atoms with van der Waals surface area (Å²) in [4.78, 5) is 0. The van der Waals surface area contributed by atoms with E-state index in [1.807, 2.05) is 30.3 Å². The summed E-state index contributed by atoms with van der Waals surface area (Å²) in [5.41, 5.74) is 3.32. The predicted octanol–water partition coefficient (Wildman–Crippen LogP) is 4.71. The third kappa shape index (κ3) is 2.02. The fourth-order valence-electron chi connectivity index (χ4n) is 2.08. The molecule has 3 rings (SSSR count). The molecule has 0 aromatic heterocycles. The van der Waals surface area contributed by atoms with Gasteiger partial charge in [-0.25, -0.2) is 0 Å². The van der Waals surface area contributed by atoms with Gasteiger partial charge in [-0.1, -0.05) is 53.6 Å². The van der Waals surface area contributed by atoms with Crippen molar-refractivity contribution in [3.8, 4) is 5.75 Å². The van der Waals surface area contributed by atoms with Gasteiger partial charge in [0.15, 0.2) is 0 Å². The van der Waals surface area contributed by atoms with Crippen molar-refractivity contribution in [1.82, 2.24) is 0 Å². The molecule has 0 radical (unpaired) electrons. The number of ether oxygens (including phenoxy) is 1. The topological polar surface area (TPSA) is 9.23 Å². The molecule has 18 heavy (non-hydrogen) atoms. The molecule has 0 saturated heterocycles. The summed E-state index contributed by atoms with van der Waals surface area (Å²) in [6, 6.07) is 16.2. The van der Waals surface area contributed by atoms with Crippen molar-refractivity contribution >= 4 is 16.6 Å². The predicted molar refractivity (Wildman–Crippen MR) is 74.8 cm³/mol. The SMILES string of the molecule is Cc1ccc([C@@H]2C=C(Cl)c3ccccc3O2)cc1. The van der Waals surface area contributed by atoms with E-state index in [2.05, 4.69) is 31.2 Å². The molecule has 1 heterocycles. The Balaban J connectivity index is 1.99. The minimum absolute atomic E-state index is 0.104. The zero-order valence-electron chi connectivity index (χ0n) is 10.1. The normalized spacial score (nSPS) is 17.7. The van der Waals surface area contributed by atoms with E-state index in [4.69, 9.17) is 16.3 Å². The van der Waals surface area contributed by atoms with Crippen LogP contribution in [0, 0.1) is 6.92 Å². The van der Waals surface area contributed by atoms with E-state index < -0.39 is 0 Å². The minimum atomic E-state index is -0.104. The molecule has 1 aliphatic heterocycles. The Labute approximate surface area is 112 Å². The van der Waals surface area contributed by atoms with Crippen molar-refractivity contribution in [2.24, 2.45) is 0 Å². The van der Waals surface area contributed by atoms with Crippen LogP contribution in [0.1, 0.15) is 22.8 Å². The number of fused-ring (bicyclic) bond motifs is 1. The first kappa shape index (κ1) is 11.4. The molecule has 0 fully saturated rings. The Morgan fingerprint density at radius 2 is 1.72 bits per heavy atom. The average molecular weight is 257 g/mol. The summed E-state index contributed by atoms with van der Waals surface area (Å²) in [5.74, 6) is 0.843. The summed E-state index contributed by atoms with van der Waals surface area (Å²) in [6.45, 7) is 2.07. The molecular weight excluding hydrogens is 244 g/mol. The lowest BCUT2D eigenvalue weighted by atomic mass is 10.0. The molecule has 0 aliphatic carbocycles. The van der Waals surface area contributed by atoms with Crippen molar-refractivity contribution < 1.29 is 4.74 Å². The number of para-hydroxylation sites is 1. The van der Waals surface area contributed by atoms with Gasteiger partial charge < -0.3 is 4.74 Å². The molecule has 0 N–H and O–H groups in total. The van der Waals surface area contributed by atoms with Crippen molar-refractivity contribution in [2.75, 3.05) is 0 Å². The number of benzene rings is 2. The van der Waals surface area contributed by atoms with Gasteiger partial charge in [0.1, 0.15) is 11.9 Å². The molecule has 0 spiro atoms. The van der Waals surface area contributed by atoms with Gasteiger partial charge >= 0.3 is 0 Å². The van der Waals surface area contributed by atoms with E-state index in [0.29, 0.717) is 0 Å². The molecule has 1 nitrogen and oxygen atoms in total. The highest BCUT2D eigenvalue weighted by atomic mass is 35.5. The molecule has 2 heteroatoms. The first-order valence-corrected chi connectivity index (χ1v) is 6.32. The lowest BCUT2D eigenvalue weighted by molar-refractivity contribution is 0.251. The Kier molecular flexibility index (Phi) is 2.85. The van der Waals surface area contributed by atoms with E-state index in [1.165, 1.54) is 5.56 Å². The highest BCUT2D eigenvalue weighted by molar-refractivity contribution is 6.49. The van der Waals surface area contributed by atoms with Crippen LogP contribution in [-0.4, -0.2) is 0 Å². The lowest BCUT2D eigenvalue weighted by Crippen LogP contribution is -2.10. The van der Waals surface area contributed by atoms with Crippen LogP contribution in [0.5, 0.6) is 5.75 Å². The fourth-order valence-corrected chi connectivity index (χ4v) is 2.35. The van der Waals surface area contributed by atoms with E-state index in [0.717, 1.165) is 21.9 Å². The summed E-state index contributed by atoms with van der Waals surface area (Å²) < 4.78 is 5.97. The standard InChI is InChI=1S/C16H13ClO/c1-11-6-8-12(9-7-11)16-10-14(17)13-4-2-3-5-15(13)18-16/h2-10,16H,1H3/t16-/m0/s1. The largest absolute Gasteiger partial charge is 0.481 e. The van der Waals surface area contributed by atoms with Gasteiger partial charge in [0.05, 0.1) is 5.03 Å². The molecule has 1 aliphatic rings. The summed E-state index contributed by atoms with van der Waals surface area (Å²) in [5, 5.41) is 0.752. The molecular formula is C16H13ClO. The zero-order valence-corrected chi connectivity index (χ0v) is 10.8. The summed E-state index contributed by atoms with van der Waals surface area (Å²) in [6.07, 6.45) is 1.85. The first-order chi connectivity index (χ1) is 8.74. The van der Waals surface area contributed by atoms with E-state index in [-0.39, 0.29) is 6.10 Å². The maximum Gasteiger partial charge on any atom is 0.144 e. The number of hydrogen-bond acceptors (Lipinski definition) is 1. The van der Waals surface area contributed by atoms with Crippen LogP contribution < -0.4 is 4.74 Å². The van der Waals surface area contributed by atoms with Crippen LogP contribution >= 0.6 is 11.6 Å². The zero-order chi connectivity index (χ0) is 12.5. The number of rotatable bonds is 1. The van der Waals surface area contributed by atoms with Crippen LogP contribution in [0.2, 0.25) is 0 Å². The Hall–Kier alpha value is -1.73. The van der Waals surface area contributed by atoms with Gasteiger partial charge in [-0.2, -0.15) is 0 Å². The fraction of sp³-hybridized carbons (Fsp3) is 0.125. The molecule has 1 atom stereocenters. The van der Waals surface area contributed by atoms with Gasteiger partial charge in [0, 0.05) is 5.56 Å². The molecule has 0 bridgehead atoms. The van der Waals surface area contributed by atoms with Crippen LogP contribution in [0.4, 0.5) is 0 Å². The van der Waals surface area contributed by atoms with Crippen LogP contribution in [-0.2, 0) is 0 Å². The maximum absolute atomic E-state index is 6.30. The van der Waals surface area contributed by atoms with Gasteiger partial charge in [-0.15, -0.1) is 0 Å². The monoisotopic (exact) mass is 256 g/mol. The number of hydrogen-bond donors (Lipinski definition) is 0. The van der Waals surface area contributed by atoms with E-state index >= 15 is 0 Å². The van der Waals surface area contributed by atoms with Crippen molar-refractivity contribution in [3.63, 3.8) is 0 Å². The molecule has 0 saturated carbocycles. The molecule has 2 aromatic carbocycles. The van der Waals surface area contributed by atoms with Crippen molar-refractivity contribution in [2.45, 2.75) is 13.0 Å². The van der Waals surface area contributed by atoms with Crippen molar-refractivity contribution in [3.05, 3.63) is 71.3 Å². The highest BCUT2D eigenvalue weighted by Crippen LogP contribution is 2.38. The van der Waals surface area contributed by atoms with Gasteiger partial charge in [0.25, 0.3) is 0 Å². The molecule has 2 aromatic rings. The number of aryl methyl sites for hydroxylation is 1.